The average molecular weight is 657 g/mol. The zero-order valence-electron chi connectivity index (χ0n) is 27.3. The molecule has 0 saturated carbocycles. The largest absolute Gasteiger partial charge is 0.495 e. The van der Waals surface area contributed by atoms with E-state index in [2.05, 4.69) is 33.3 Å². The Bertz CT molecular complexity index is 1510. The van der Waals surface area contributed by atoms with Gasteiger partial charge in [-0.3, -0.25) is 9.59 Å². The van der Waals surface area contributed by atoms with Crippen LogP contribution in [-0.4, -0.2) is 82.6 Å². The second-order valence-electron chi connectivity index (χ2n) is 11.1. The van der Waals surface area contributed by atoms with Crippen molar-refractivity contribution >= 4 is 34.1 Å². The van der Waals surface area contributed by atoms with Gasteiger partial charge in [0.1, 0.15) is 11.5 Å². The van der Waals surface area contributed by atoms with Crippen molar-refractivity contribution in [3.8, 4) is 11.5 Å². The summed E-state index contributed by atoms with van der Waals surface area (Å²) in [5, 5.41) is 3.03. The van der Waals surface area contributed by atoms with Crippen molar-refractivity contribution in [1.82, 2.24) is 10.2 Å². The molecule has 2 fully saturated rings. The molecule has 2 aliphatic heterocycles. The van der Waals surface area contributed by atoms with Crippen LogP contribution in [0.5, 0.6) is 11.5 Å². The maximum atomic E-state index is 12.4. The van der Waals surface area contributed by atoms with Crippen LogP contribution in [0.4, 0.5) is 11.4 Å². The summed E-state index contributed by atoms with van der Waals surface area (Å²) in [6.07, 6.45) is 0.803. The molecule has 4 aromatic carbocycles. The lowest BCUT2D eigenvalue weighted by Crippen LogP contribution is -2.49. The lowest BCUT2D eigenvalue weighted by atomic mass is 10.1. The normalized spacial score (nSPS) is 14.1. The summed E-state index contributed by atoms with van der Waals surface area (Å²) in [5.41, 5.74) is 4.34. The number of nitrogens with zero attached hydrogens (tertiary/aromatic N) is 3. The summed E-state index contributed by atoms with van der Waals surface area (Å²) >= 11 is 5.17. The fourth-order valence-corrected chi connectivity index (χ4v) is 5.68. The molecule has 0 aromatic heterocycles. The van der Waals surface area contributed by atoms with Crippen LogP contribution in [0, 0.1) is 0 Å². The van der Waals surface area contributed by atoms with E-state index in [1.54, 1.807) is 14.2 Å². The number of ether oxygens (including phenoxy) is 2. The van der Waals surface area contributed by atoms with E-state index < -0.39 is 0 Å². The number of para-hydroxylation sites is 4. The van der Waals surface area contributed by atoms with Gasteiger partial charge < -0.3 is 29.5 Å². The summed E-state index contributed by atoms with van der Waals surface area (Å²) in [7, 11) is 3.42. The van der Waals surface area contributed by atoms with Crippen LogP contribution in [0.15, 0.2) is 109 Å². The van der Waals surface area contributed by atoms with Crippen molar-refractivity contribution in [2.24, 2.45) is 0 Å². The Hall–Kier alpha value is -4.53. The van der Waals surface area contributed by atoms with Crippen LogP contribution in [0.2, 0.25) is 0 Å². The van der Waals surface area contributed by atoms with Gasteiger partial charge in [0.05, 0.1) is 32.0 Å². The molecule has 0 bridgehead atoms. The summed E-state index contributed by atoms with van der Waals surface area (Å²) in [4.78, 5) is 29.4. The summed E-state index contributed by atoms with van der Waals surface area (Å²) in [6, 6.07) is 35.6. The van der Waals surface area contributed by atoms with E-state index >= 15 is 0 Å². The monoisotopic (exact) mass is 656 g/mol. The molecule has 2 heterocycles. The van der Waals surface area contributed by atoms with Gasteiger partial charge in [-0.2, -0.15) is 0 Å². The van der Waals surface area contributed by atoms with Crippen molar-refractivity contribution in [2.45, 2.75) is 12.8 Å². The first kappa shape index (κ1) is 35.3. The molecule has 6 rings (SSSR count). The molecule has 4 aromatic rings. The number of rotatable bonds is 8. The zero-order chi connectivity index (χ0) is 33.3. The van der Waals surface area contributed by atoms with Crippen LogP contribution < -0.4 is 24.6 Å². The van der Waals surface area contributed by atoms with Crippen molar-refractivity contribution in [3.63, 3.8) is 0 Å². The number of nitrogens with one attached hydrogen (secondary N) is 1. The Labute approximate surface area is 283 Å². The van der Waals surface area contributed by atoms with E-state index in [4.69, 9.17) is 21.1 Å². The first-order valence-electron chi connectivity index (χ1n) is 16.0. The van der Waals surface area contributed by atoms with Crippen molar-refractivity contribution in [1.29, 1.82) is 0 Å². The quantitative estimate of drug-likeness (QED) is 0.245. The molecule has 2 saturated heterocycles. The van der Waals surface area contributed by atoms with Gasteiger partial charge in [0.25, 0.3) is 0 Å². The third-order valence-corrected chi connectivity index (χ3v) is 8.12. The second-order valence-corrected chi connectivity index (χ2v) is 11.6. The fraction of sp³-hybridized carbons (Fsp3) is 0.316. The van der Waals surface area contributed by atoms with Gasteiger partial charge in [-0.05, 0) is 47.0 Å². The Morgan fingerprint density at radius 1 is 0.596 bits per heavy atom. The number of halogens is 1. The number of hydrogen-bond donors (Lipinski definition) is 1. The molecule has 2 aliphatic rings. The topological polar surface area (TPSA) is 74.4 Å². The van der Waals surface area contributed by atoms with Crippen LogP contribution in [0.1, 0.15) is 11.1 Å². The molecule has 1 amide bonds. The highest BCUT2D eigenvalue weighted by Crippen LogP contribution is 2.29. The Balaban J connectivity index is 0.000000177. The molecule has 0 unspecified atom stereocenters. The summed E-state index contributed by atoms with van der Waals surface area (Å²) in [6.45, 7) is 7.39. The number of methoxy groups -OCH3 is 2. The van der Waals surface area contributed by atoms with Gasteiger partial charge in [-0.1, -0.05) is 84.9 Å². The number of anilines is 2. The highest BCUT2D eigenvalue weighted by Gasteiger charge is 2.22. The Morgan fingerprint density at radius 3 is 1.49 bits per heavy atom. The van der Waals surface area contributed by atoms with Gasteiger partial charge in [0.2, 0.25) is 11.1 Å². The van der Waals surface area contributed by atoms with Crippen LogP contribution in [-0.2, 0) is 22.4 Å². The number of carbonyl (C=O) groups is 2. The molecule has 0 atom stereocenters. The number of piperazine rings is 2. The molecule has 0 radical (unpaired) electrons. The molecule has 0 spiro atoms. The van der Waals surface area contributed by atoms with E-state index in [9.17, 15) is 9.59 Å². The summed E-state index contributed by atoms with van der Waals surface area (Å²) < 4.78 is 10.8. The standard InChI is InChI=1S/C19H22N2O2.C11H16N2O.C8H7ClO/c1-23-18-10-6-5-9-17(18)20-11-13-21(14-12-20)19(22)15-16-7-3-2-4-8-16;1-14-11-5-3-2-4-10(11)13-8-6-12-7-9-13;9-8(10)6-7-4-2-1-3-5-7/h2-10H,11-15H2,1H3;2-5,12H,6-9H2,1H3;1-5H,6H2. The molecular weight excluding hydrogens is 612 g/mol. The average Bonchev–Trinajstić information content (AvgIpc) is 3.13. The van der Waals surface area contributed by atoms with Crippen molar-refractivity contribution < 1.29 is 19.1 Å². The minimum absolute atomic E-state index is 0.205. The summed E-state index contributed by atoms with van der Waals surface area (Å²) in [5.74, 6) is 2.06. The zero-order valence-corrected chi connectivity index (χ0v) is 28.1. The number of carbonyl (C=O) groups excluding carboxylic acids is 2. The lowest BCUT2D eigenvalue weighted by molar-refractivity contribution is -0.130. The van der Waals surface area contributed by atoms with Crippen molar-refractivity contribution in [2.75, 3.05) is 76.4 Å². The smallest absolute Gasteiger partial charge is 0.227 e. The minimum Gasteiger partial charge on any atom is -0.495 e. The predicted molar refractivity (Wildman–Crippen MR) is 191 cm³/mol. The van der Waals surface area contributed by atoms with Gasteiger partial charge in [0, 0.05) is 58.8 Å². The van der Waals surface area contributed by atoms with E-state index in [0.29, 0.717) is 12.8 Å². The number of hydrogen-bond acceptors (Lipinski definition) is 7. The van der Waals surface area contributed by atoms with E-state index in [1.807, 2.05) is 95.9 Å². The highest BCUT2D eigenvalue weighted by atomic mass is 35.5. The number of amides is 1. The van der Waals surface area contributed by atoms with Gasteiger partial charge in [0.15, 0.2) is 0 Å². The Morgan fingerprint density at radius 2 is 1.02 bits per heavy atom. The Kier molecular flexibility index (Phi) is 14.4. The first-order chi connectivity index (χ1) is 23.0. The van der Waals surface area contributed by atoms with E-state index in [1.165, 1.54) is 5.69 Å². The number of benzene rings is 4. The highest BCUT2D eigenvalue weighted by molar-refractivity contribution is 6.63. The van der Waals surface area contributed by atoms with E-state index in [0.717, 1.165) is 80.7 Å². The van der Waals surface area contributed by atoms with E-state index in [-0.39, 0.29) is 11.1 Å². The second kappa shape index (κ2) is 19.2. The van der Waals surface area contributed by atoms with Crippen LogP contribution in [0.3, 0.4) is 0 Å². The third kappa shape index (κ3) is 11.3. The maximum Gasteiger partial charge on any atom is 0.227 e. The first-order valence-corrected chi connectivity index (χ1v) is 16.4. The lowest BCUT2D eigenvalue weighted by Gasteiger charge is -2.36. The molecule has 248 valence electrons. The fourth-order valence-electron chi connectivity index (χ4n) is 5.52. The molecule has 8 nitrogen and oxygen atoms in total. The molecule has 9 heteroatoms. The molecule has 0 aliphatic carbocycles. The van der Waals surface area contributed by atoms with Gasteiger partial charge >= 0.3 is 0 Å². The van der Waals surface area contributed by atoms with Crippen LogP contribution in [0.25, 0.3) is 0 Å². The third-order valence-electron chi connectivity index (χ3n) is 7.99. The predicted octanol–water partition coefficient (Wildman–Crippen LogP) is 5.69. The maximum absolute atomic E-state index is 12.4. The minimum atomic E-state index is -0.314. The molecule has 1 N–H and O–H groups in total. The SMILES string of the molecule is COc1ccccc1N1CCN(C(=O)Cc2ccccc2)CC1.COc1ccccc1N1CCNCC1.O=C(Cl)Cc1ccccc1. The van der Waals surface area contributed by atoms with Gasteiger partial charge in [-0.15, -0.1) is 0 Å². The van der Waals surface area contributed by atoms with Crippen LogP contribution >= 0.6 is 11.6 Å². The van der Waals surface area contributed by atoms with Crippen molar-refractivity contribution in [3.05, 3.63) is 120 Å². The molecule has 47 heavy (non-hydrogen) atoms. The van der Waals surface area contributed by atoms with Gasteiger partial charge in [-0.25, -0.2) is 0 Å². The molecular formula is C38H45ClN4O4.